The molecular formula is C21H20N4O5S2. The third kappa shape index (κ3) is 4.34. The van der Waals surface area contributed by atoms with Gasteiger partial charge < -0.3 is 5.32 Å². The first-order valence-corrected chi connectivity index (χ1v) is 12.3. The highest BCUT2D eigenvalue weighted by molar-refractivity contribution is 7.93. The average molecular weight is 473 g/mol. The van der Waals surface area contributed by atoms with E-state index in [1.807, 2.05) is 0 Å². The number of rotatable bonds is 7. The first-order chi connectivity index (χ1) is 15.3. The summed E-state index contributed by atoms with van der Waals surface area (Å²) in [5.41, 5.74) is 0.415. The van der Waals surface area contributed by atoms with Gasteiger partial charge >= 0.3 is 0 Å². The number of amides is 1. The van der Waals surface area contributed by atoms with Gasteiger partial charge in [-0.25, -0.2) is 13.4 Å². The highest BCUT2D eigenvalue weighted by Gasteiger charge is 2.42. The number of nitrogens with zero attached hydrogens (tertiary/aromatic N) is 2. The normalized spacial score (nSPS) is 15.2. The lowest BCUT2D eigenvalue weighted by atomic mass is 9.78. The van der Waals surface area contributed by atoms with Crippen molar-refractivity contribution in [1.29, 1.82) is 0 Å². The quantitative estimate of drug-likeness (QED) is 0.389. The monoisotopic (exact) mass is 472 g/mol. The molecule has 0 radical (unpaired) electrons. The fourth-order valence-electron chi connectivity index (χ4n) is 3.94. The van der Waals surface area contributed by atoms with Crippen molar-refractivity contribution in [2.24, 2.45) is 0 Å². The van der Waals surface area contributed by atoms with Gasteiger partial charge in [-0.3, -0.25) is 19.6 Å². The Morgan fingerprint density at radius 2 is 1.72 bits per heavy atom. The topological polar surface area (TPSA) is 131 Å². The van der Waals surface area contributed by atoms with Gasteiger partial charge in [0.2, 0.25) is 5.91 Å². The van der Waals surface area contributed by atoms with Crippen molar-refractivity contribution in [1.82, 2.24) is 4.98 Å². The third-order valence-electron chi connectivity index (χ3n) is 5.60. The first-order valence-electron chi connectivity index (χ1n) is 9.89. The zero-order chi connectivity index (χ0) is 22.8. The predicted molar refractivity (Wildman–Crippen MR) is 121 cm³/mol. The van der Waals surface area contributed by atoms with E-state index in [0.29, 0.717) is 18.5 Å². The van der Waals surface area contributed by atoms with Crippen molar-refractivity contribution in [3.63, 3.8) is 0 Å². The first kappa shape index (κ1) is 21.9. The number of nitro groups is 1. The molecule has 0 aliphatic heterocycles. The summed E-state index contributed by atoms with van der Waals surface area (Å²) in [6.07, 6.45) is 4.54. The van der Waals surface area contributed by atoms with Crippen LogP contribution in [0, 0.1) is 10.1 Å². The Labute approximate surface area is 188 Å². The Morgan fingerprint density at radius 1 is 1.06 bits per heavy atom. The molecule has 3 aromatic rings. The van der Waals surface area contributed by atoms with Crippen LogP contribution in [0.4, 0.5) is 16.5 Å². The summed E-state index contributed by atoms with van der Waals surface area (Å²) in [5, 5.41) is 15.8. The second-order valence-corrected chi connectivity index (χ2v) is 10.1. The van der Waals surface area contributed by atoms with E-state index in [1.165, 1.54) is 53.9 Å². The minimum atomic E-state index is -3.78. The molecule has 0 spiro atoms. The van der Waals surface area contributed by atoms with Crippen LogP contribution in [0.1, 0.15) is 31.2 Å². The second-order valence-electron chi connectivity index (χ2n) is 7.51. The van der Waals surface area contributed by atoms with Crippen molar-refractivity contribution in [3.8, 4) is 0 Å². The van der Waals surface area contributed by atoms with E-state index in [-0.39, 0.29) is 21.6 Å². The van der Waals surface area contributed by atoms with Gasteiger partial charge in [-0.2, -0.15) is 0 Å². The van der Waals surface area contributed by atoms with Gasteiger partial charge in [0.1, 0.15) is 0 Å². The van der Waals surface area contributed by atoms with Crippen molar-refractivity contribution < 1.29 is 18.1 Å². The standard InChI is InChI=1S/C21H20N4O5S2/c26-19(21(11-1-2-12-21)15-3-7-17(8-4-15)25(27)28)23-16-5-9-18(10-6-16)32(29,30)24-20-22-13-14-31-20/h3-10,13-14H,1-2,11-12H2,(H,22,24)(H,23,26). The predicted octanol–water partition coefficient (Wildman–Crippen LogP) is 4.30. The molecular weight excluding hydrogens is 452 g/mol. The van der Waals surface area contributed by atoms with Gasteiger partial charge in [-0.15, -0.1) is 11.3 Å². The number of anilines is 2. The van der Waals surface area contributed by atoms with E-state index in [1.54, 1.807) is 17.5 Å². The van der Waals surface area contributed by atoms with Gasteiger partial charge in [0.25, 0.3) is 15.7 Å². The lowest BCUT2D eigenvalue weighted by Gasteiger charge is -2.28. The van der Waals surface area contributed by atoms with Crippen LogP contribution in [-0.4, -0.2) is 24.2 Å². The fourth-order valence-corrected chi connectivity index (χ4v) is 5.73. The molecule has 1 saturated carbocycles. The molecule has 0 bridgehead atoms. The molecule has 1 aliphatic rings. The Kier molecular flexibility index (Phi) is 5.94. The maximum Gasteiger partial charge on any atom is 0.269 e. The maximum absolute atomic E-state index is 13.3. The van der Waals surface area contributed by atoms with E-state index in [0.717, 1.165) is 18.4 Å². The number of non-ortho nitro benzene ring substituents is 1. The van der Waals surface area contributed by atoms with Crippen LogP contribution in [0.3, 0.4) is 0 Å². The molecule has 2 N–H and O–H groups in total. The van der Waals surface area contributed by atoms with Crippen molar-refractivity contribution in [2.75, 3.05) is 10.0 Å². The summed E-state index contributed by atoms with van der Waals surface area (Å²) < 4.78 is 27.4. The zero-order valence-corrected chi connectivity index (χ0v) is 18.5. The molecule has 2 aromatic carbocycles. The number of nitrogens with one attached hydrogen (secondary N) is 2. The smallest absolute Gasteiger partial charge is 0.269 e. The van der Waals surface area contributed by atoms with Crippen LogP contribution in [0.5, 0.6) is 0 Å². The molecule has 9 nitrogen and oxygen atoms in total. The summed E-state index contributed by atoms with van der Waals surface area (Å²) in [7, 11) is -3.78. The summed E-state index contributed by atoms with van der Waals surface area (Å²) in [6, 6.07) is 12.0. The van der Waals surface area contributed by atoms with Gasteiger partial charge in [0.05, 0.1) is 15.2 Å². The number of nitro benzene ring substituents is 1. The molecule has 0 saturated heterocycles. The summed E-state index contributed by atoms with van der Waals surface area (Å²) in [6.45, 7) is 0. The molecule has 1 aromatic heterocycles. The van der Waals surface area contributed by atoms with Crippen LogP contribution in [0.25, 0.3) is 0 Å². The molecule has 1 heterocycles. The lowest BCUT2D eigenvalue weighted by Crippen LogP contribution is -2.38. The van der Waals surface area contributed by atoms with Gasteiger partial charge in [-0.05, 0) is 42.7 Å². The summed E-state index contributed by atoms with van der Waals surface area (Å²) >= 11 is 1.17. The highest BCUT2D eigenvalue weighted by atomic mass is 32.2. The second kappa shape index (κ2) is 8.67. The van der Waals surface area contributed by atoms with Crippen LogP contribution in [-0.2, 0) is 20.2 Å². The van der Waals surface area contributed by atoms with Crippen molar-refractivity contribution in [2.45, 2.75) is 36.0 Å². The number of benzene rings is 2. The van der Waals surface area contributed by atoms with Gasteiger partial charge in [0, 0.05) is 29.4 Å². The molecule has 11 heteroatoms. The van der Waals surface area contributed by atoms with Crippen LogP contribution in [0.15, 0.2) is 65.0 Å². The number of aromatic nitrogens is 1. The molecule has 4 rings (SSSR count). The van der Waals surface area contributed by atoms with Gasteiger partial charge in [0.15, 0.2) is 5.13 Å². The summed E-state index contributed by atoms with van der Waals surface area (Å²) in [5.74, 6) is -0.208. The molecule has 32 heavy (non-hydrogen) atoms. The number of hydrogen-bond acceptors (Lipinski definition) is 7. The molecule has 1 aliphatic carbocycles. The van der Waals surface area contributed by atoms with E-state index in [9.17, 15) is 23.3 Å². The molecule has 166 valence electrons. The maximum atomic E-state index is 13.3. The van der Waals surface area contributed by atoms with Crippen LogP contribution >= 0.6 is 11.3 Å². The highest BCUT2D eigenvalue weighted by Crippen LogP contribution is 2.42. The third-order valence-corrected chi connectivity index (χ3v) is 7.77. The van der Waals surface area contributed by atoms with E-state index >= 15 is 0 Å². The average Bonchev–Trinajstić information content (AvgIpc) is 3.47. The van der Waals surface area contributed by atoms with Gasteiger partial charge in [-0.1, -0.05) is 25.0 Å². The van der Waals surface area contributed by atoms with E-state index < -0.39 is 20.4 Å². The molecule has 1 fully saturated rings. The van der Waals surface area contributed by atoms with E-state index in [4.69, 9.17) is 0 Å². The minimum absolute atomic E-state index is 0.0227. The molecule has 0 unspecified atom stereocenters. The Hall–Kier alpha value is -3.31. The SMILES string of the molecule is O=C(Nc1ccc(S(=O)(=O)Nc2nccs2)cc1)C1(c2ccc([N+](=O)[O-])cc2)CCCC1. The van der Waals surface area contributed by atoms with Crippen molar-refractivity contribution >= 4 is 43.8 Å². The number of carbonyl (C=O) groups excluding carboxylic acids is 1. The Morgan fingerprint density at radius 3 is 2.28 bits per heavy atom. The Balaban J connectivity index is 1.52. The number of thiazole rings is 1. The van der Waals surface area contributed by atoms with E-state index in [2.05, 4.69) is 15.0 Å². The fraction of sp³-hybridized carbons (Fsp3) is 0.238. The number of hydrogen-bond donors (Lipinski definition) is 2. The number of sulfonamides is 1. The minimum Gasteiger partial charge on any atom is -0.325 e. The summed E-state index contributed by atoms with van der Waals surface area (Å²) in [4.78, 5) is 27.7. The molecule has 1 amide bonds. The van der Waals surface area contributed by atoms with Crippen molar-refractivity contribution in [3.05, 3.63) is 75.8 Å². The zero-order valence-electron chi connectivity index (χ0n) is 16.9. The van der Waals surface area contributed by atoms with Crippen LogP contribution in [0.2, 0.25) is 0 Å². The Bertz CT molecular complexity index is 1220. The lowest BCUT2D eigenvalue weighted by molar-refractivity contribution is -0.384. The van der Waals surface area contributed by atoms with Crippen LogP contribution < -0.4 is 10.0 Å². The number of carbonyl (C=O) groups is 1. The molecule has 0 atom stereocenters. The largest absolute Gasteiger partial charge is 0.325 e.